The molecule has 1 aliphatic rings. The van der Waals surface area contributed by atoms with Gasteiger partial charge in [-0.05, 0) is 24.3 Å². The molecule has 1 amide bonds. The molecule has 0 atom stereocenters. The molecule has 0 unspecified atom stereocenters. The molecular formula is C12H12N2O3. The number of aliphatic hydroxyl groups is 1. The van der Waals surface area contributed by atoms with Gasteiger partial charge in [-0.1, -0.05) is 0 Å². The molecule has 0 radical (unpaired) electrons. The summed E-state index contributed by atoms with van der Waals surface area (Å²) in [7, 11) is 0. The molecule has 17 heavy (non-hydrogen) atoms. The van der Waals surface area contributed by atoms with Gasteiger partial charge in [0.25, 0.3) is 5.91 Å². The lowest BCUT2D eigenvalue weighted by atomic mass is 10.1. The summed E-state index contributed by atoms with van der Waals surface area (Å²) in [6.45, 7) is 0.746. The zero-order chi connectivity index (χ0) is 12.0. The number of hydrogen-bond acceptors (Lipinski definition) is 4. The molecule has 0 aliphatic carbocycles. The normalized spacial score (nSPS) is 16.2. The summed E-state index contributed by atoms with van der Waals surface area (Å²) in [4.78, 5) is 13.5. The van der Waals surface area contributed by atoms with E-state index in [-0.39, 0.29) is 11.7 Å². The van der Waals surface area contributed by atoms with Crippen LogP contribution in [0.2, 0.25) is 0 Å². The molecule has 0 bridgehead atoms. The molecule has 88 valence electrons. The Kier molecular flexibility index (Phi) is 2.09. The third-order valence-corrected chi connectivity index (χ3v) is 2.90. The number of nitrogens with zero attached hydrogens (tertiary/aromatic N) is 1. The molecule has 0 spiro atoms. The van der Waals surface area contributed by atoms with Crippen LogP contribution in [0.3, 0.4) is 0 Å². The molecule has 1 aromatic heterocycles. The minimum atomic E-state index is -0.404. The second kappa shape index (κ2) is 3.49. The largest absolute Gasteiger partial charge is 0.451 e. The van der Waals surface area contributed by atoms with Gasteiger partial charge in [0.05, 0.1) is 6.10 Å². The van der Waals surface area contributed by atoms with Gasteiger partial charge in [0.2, 0.25) is 0 Å². The van der Waals surface area contributed by atoms with Gasteiger partial charge in [-0.15, -0.1) is 0 Å². The van der Waals surface area contributed by atoms with Crippen LogP contribution >= 0.6 is 0 Å². The van der Waals surface area contributed by atoms with E-state index in [4.69, 9.17) is 15.3 Å². The van der Waals surface area contributed by atoms with Gasteiger partial charge in [-0.2, -0.15) is 0 Å². The van der Waals surface area contributed by atoms with Crippen LogP contribution in [-0.4, -0.2) is 35.1 Å². The molecule has 5 heteroatoms. The van der Waals surface area contributed by atoms with Crippen molar-refractivity contribution >= 4 is 22.6 Å². The van der Waals surface area contributed by atoms with Crippen LogP contribution in [0, 0.1) is 0 Å². The Morgan fingerprint density at radius 3 is 2.88 bits per heavy atom. The van der Waals surface area contributed by atoms with Gasteiger partial charge in [0, 0.05) is 24.2 Å². The van der Waals surface area contributed by atoms with Crippen LogP contribution in [0.4, 0.5) is 5.69 Å². The molecule has 0 saturated carbocycles. The average molecular weight is 232 g/mol. The molecule has 2 heterocycles. The number of aliphatic hydroxyl groups excluding tert-OH is 1. The number of benzene rings is 1. The predicted molar refractivity (Wildman–Crippen MR) is 62.5 cm³/mol. The van der Waals surface area contributed by atoms with Crippen LogP contribution in [0.25, 0.3) is 11.0 Å². The number of amides is 1. The second-order valence-electron chi connectivity index (χ2n) is 4.27. The maximum absolute atomic E-state index is 11.9. The van der Waals surface area contributed by atoms with Crippen molar-refractivity contribution in [1.82, 2.24) is 4.90 Å². The Bertz CT molecular complexity index is 584. The summed E-state index contributed by atoms with van der Waals surface area (Å²) in [5, 5.41) is 9.96. The van der Waals surface area contributed by atoms with Crippen molar-refractivity contribution in [2.75, 3.05) is 18.8 Å². The predicted octanol–water partition coefficient (Wildman–Crippen LogP) is 0.832. The fourth-order valence-corrected chi connectivity index (χ4v) is 1.94. The van der Waals surface area contributed by atoms with E-state index in [9.17, 15) is 4.79 Å². The maximum atomic E-state index is 11.9. The van der Waals surface area contributed by atoms with Gasteiger partial charge in [0.1, 0.15) is 5.58 Å². The highest BCUT2D eigenvalue weighted by Crippen LogP contribution is 2.23. The van der Waals surface area contributed by atoms with E-state index < -0.39 is 6.10 Å². The second-order valence-corrected chi connectivity index (χ2v) is 4.27. The van der Waals surface area contributed by atoms with Crippen LogP contribution < -0.4 is 5.73 Å². The van der Waals surface area contributed by atoms with Gasteiger partial charge >= 0.3 is 0 Å². The van der Waals surface area contributed by atoms with Gasteiger partial charge in [0.15, 0.2) is 5.76 Å². The summed E-state index contributed by atoms with van der Waals surface area (Å²) in [5.41, 5.74) is 6.93. The van der Waals surface area contributed by atoms with Crippen molar-refractivity contribution in [2.45, 2.75) is 6.10 Å². The minimum absolute atomic E-state index is 0.190. The number of β-amino-alcohol motifs (C(OH)–C–C–N with tert-alkyl or cyclic N) is 1. The molecule has 2 aromatic rings. The lowest BCUT2D eigenvalue weighted by molar-refractivity contribution is 0.00406. The topological polar surface area (TPSA) is 79.7 Å². The number of likely N-dealkylation sites (tertiary alicyclic amines) is 1. The van der Waals surface area contributed by atoms with E-state index >= 15 is 0 Å². The lowest BCUT2D eigenvalue weighted by Gasteiger charge is -2.35. The quantitative estimate of drug-likeness (QED) is 0.714. The minimum Gasteiger partial charge on any atom is -0.451 e. The SMILES string of the molecule is Nc1ccc2oc(C(=O)N3CC(O)C3)cc2c1. The molecule has 1 fully saturated rings. The fraction of sp³-hybridized carbons (Fsp3) is 0.250. The number of furan rings is 1. The van der Waals surface area contributed by atoms with Crippen molar-refractivity contribution in [3.63, 3.8) is 0 Å². The fourth-order valence-electron chi connectivity index (χ4n) is 1.94. The Hall–Kier alpha value is -2.01. The monoisotopic (exact) mass is 232 g/mol. The molecular weight excluding hydrogens is 220 g/mol. The number of carbonyl (C=O) groups excluding carboxylic acids is 1. The van der Waals surface area contributed by atoms with Crippen molar-refractivity contribution in [2.24, 2.45) is 0 Å². The molecule has 1 aromatic carbocycles. The third kappa shape index (κ3) is 1.64. The first-order chi connectivity index (χ1) is 8.13. The number of anilines is 1. The highest BCUT2D eigenvalue weighted by molar-refractivity contribution is 5.97. The molecule has 5 nitrogen and oxygen atoms in total. The Morgan fingerprint density at radius 2 is 2.18 bits per heavy atom. The molecule has 3 rings (SSSR count). The summed E-state index contributed by atoms with van der Waals surface area (Å²) in [6, 6.07) is 6.92. The van der Waals surface area contributed by atoms with E-state index in [1.54, 1.807) is 29.2 Å². The molecule has 3 N–H and O–H groups in total. The van der Waals surface area contributed by atoms with Crippen LogP contribution in [0.1, 0.15) is 10.6 Å². The maximum Gasteiger partial charge on any atom is 0.289 e. The highest BCUT2D eigenvalue weighted by Gasteiger charge is 2.31. The summed E-state index contributed by atoms with van der Waals surface area (Å²) >= 11 is 0. The van der Waals surface area contributed by atoms with Crippen LogP contribution in [0.5, 0.6) is 0 Å². The number of rotatable bonds is 1. The standard InChI is InChI=1S/C12H12N2O3/c13-8-1-2-10-7(3-8)4-11(17-10)12(16)14-5-9(15)6-14/h1-4,9,15H,5-6,13H2. The van der Waals surface area contributed by atoms with Crippen molar-refractivity contribution in [3.8, 4) is 0 Å². The number of fused-ring (bicyclic) bond motifs is 1. The first-order valence-corrected chi connectivity index (χ1v) is 5.40. The zero-order valence-electron chi connectivity index (χ0n) is 9.09. The number of nitrogens with two attached hydrogens (primary N) is 1. The smallest absolute Gasteiger partial charge is 0.289 e. The van der Waals surface area contributed by atoms with Crippen molar-refractivity contribution in [1.29, 1.82) is 0 Å². The Labute approximate surface area is 97.4 Å². The number of nitrogen functional groups attached to an aromatic ring is 1. The van der Waals surface area contributed by atoms with E-state index in [1.807, 2.05) is 0 Å². The highest BCUT2D eigenvalue weighted by atomic mass is 16.3. The number of carbonyl (C=O) groups is 1. The van der Waals surface area contributed by atoms with Crippen LogP contribution in [-0.2, 0) is 0 Å². The van der Waals surface area contributed by atoms with E-state index in [0.717, 1.165) is 5.39 Å². The number of hydrogen-bond donors (Lipinski definition) is 2. The molecule has 1 saturated heterocycles. The van der Waals surface area contributed by atoms with E-state index in [1.165, 1.54) is 0 Å². The first kappa shape index (κ1) is 10.2. The zero-order valence-corrected chi connectivity index (χ0v) is 9.09. The van der Waals surface area contributed by atoms with Crippen molar-refractivity contribution < 1.29 is 14.3 Å². The van der Waals surface area contributed by atoms with Crippen molar-refractivity contribution in [3.05, 3.63) is 30.0 Å². The Morgan fingerprint density at radius 1 is 1.41 bits per heavy atom. The summed E-state index contributed by atoms with van der Waals surface area (Å²) < 4.78 is 5.45. The lowest BCUT2D eigenvalue weighted by Crippen LogP contribution is -2.53. The average Bonchev–Trinajstić information content (AvgIpc) is 2.66. The summed E-state index contributed by atoms with van der Waals surface area (Å²) in [5.74, 6) is 0.0996. The van der Waals surface area contributed by atoms with E-state index in [0.29, 0.717) is 24.4 Å². The third-order valence-electron chi connectivity index (χ3n) is 2.90. The van der Waals surface area contributed by atoms with Crippen LogP contribution in [0.15, 0.2) is 28.7 Å². The first-order valence-electron chi connectivity index (χ1n) is 5.40. The van der Waals surface area contributed by atoms with Gasteiger partial charge < -0.3 is 20.2 Å². The van der Waals surface area contributed by atoms with Gasteiger partial charge in [-0.3, -0.25) is 4.79 Å². The Balaban J connectivity index is 1.93. The van der Waals surface area contributed by atoms with E-state index in [2.05, 4.69) is 0 Å². The van der Waals surface area contributed by atoms with Gasteiger partial charge in [-0.25, -0.2) is 0 Å². The summed E-state index contributed by atoms with van der Waals surface area (Å²) in [6.07, 6.45) is -0.404. The molecule has 1 aliphatic heterocycles.